The molecule has 1 aliphatic rings. The van der Waals surface area contributed by atoms with Crippen LogP contribution in [0.2, 0.25) is 0 Å². The first-order valence-corrected chi connectivity index (χ1v) is 7.47. The van der Waals surface area contributed by atoms with Crippen molar-refractivity contribution in [3.63, 3.8) is 0 Å². The van der Waals surface area contributed by atoms with E-state index in [1.54, 1.807) is 0 Å². The van der Waals surface area contributed by atoms with Crippen molar-refractivity contribution in [1.82, 2.24) is 4.90 Å². The molecule has 0 radical (unpaired) electrons. The molecule has 1 aliphatic heterocycles. The van der Waals surface area contributed by atoms with Crippen LogP contribution in [0.5, 0.6) is 0 Å². The van der Waals surface area contributed by atoms with E-state index in [1.807, 2.05) is 23.1 Å². The van der Waals surface area contributed by atoms with Gasteiger partial charge in [0.15, 0.2) is 0 Å². The summed E-state index contributed by atoms with van der Waals surface area (Å²) in [5, 5.41) is 0. The van der Waals surface area contributed by atoms with Gasteiger partial charge in [0.2, 0.25) is 5.91 Å². The van der Waals surface area contributed by atoms with Gasteiger partial charge in [-0.05, 0) is 38.7 Å². The number of hydrogen-bond acceptors (Lipinski definition) is 1. The molecule has 0 saturated carbocycles. The summed E-state index contributed by atoms with van der Waals surface area (Å²) in [5.74, 6) is 1.14. The second kappa shape index (κ2) is 5.54. The lowest BCUT2D eigenvalue weighted by molar-refractivity contribution is -0.133. The van der Waals surface area contributed by atoms with Gasteiger partial charge in [0.1, 0.15) is 0 Å². The Kier molecular flexibility index (Phi) is 4.19. The third kappa shape index (κ3) is 2.38. The molecule has 1 aromatic rings. The number of halogens is 1. The van der Waals surface area contributed by atoms with Gasteiger partial charge in [0.05, 0.1) is 5.41 Å². The summed E-state index contributed by atoms with van der Waals surface area (Å²) in [6, 6.07) is 10.4. The first-order valence-electron chi connectivity index (χ1n) is 6.94. The Labute approximate surface area is 120 Å². The fourth-order valence-corrected chi connectivity index (χ4v) is 3.34. The second-order valence-electron chi connectivity index (χ2n) is 5.79. The standard InChI is InChI=1S/C16H22ClNO/c1-12(2)18-11-14(9-10-17)16(3,15(18)19)13-7-5-4-6-8-13/h4-8,12,14H,9-11H2,1-3H3/t14-,16-/m1/s1. The van der Waals surface area contributed by atoms with Crippen molar-refractivity contribution in [3.05, 3.63) is 35.9 Å². The molecule has 0 aliphatic carbocycles. The van der Waals surface area contributed by atoms with Crippen LogP contribution in [0, 0.1) is 5.92 Å². The monoisotopic (exact) mass is 279 g/mol. The van der Waals surface area contributed by atoms with Crippen molar-refractivity contribution >= 4 is 17.5 Å². The third-order valence-electron chi connectivity index (χ3n) is 4.39. The maximum Gasteiger partial charge on any atom is 0.233 e. The number of rotatable bonds is 4. The molecule has 2 atom stereocenters. The summed E-state index contributed by atoms with van der Waals surface area (Å²) in [7, 11) is 0. The molecule has 2 nitrogen and oxygen atoms in total. The van der Waals surface area contributed by atoms with Crippen LogP contribution in [0.3, 0.4) is 0 Å². The summed E-state index contributed by atoms with van der Waals surface area (Å²) in [6.07, 6.45) is 0.877. The normalized spacial score (nSPS) is 27.3. The van der Waals surface area contributed by atoms with Crippen molar-refractivity contribution in [1.29, 1.82) is 0 Å². The van der Waals surface area contributed by atoms with Gasteiger partial charge in [-0.2, -0.15) is 0 Å². The maximum atomic E-state index is 12.8. The molecule has 1 fully saturated rings. The van der Waals surface area contributed by atoms with Gasteiger partial charge in [-0.1, -0.05) is 30.3 Å². The molecule has 0 spiro atoms. The fraction of sp³-hybridized carbons (Fsp3) is 0.562. The highest BCUT2D eigenvalue weighted by molar-refractivity contribution is 6.17. The molecule has 1 aromatic carbocycles. The van der Waals surface area contributed by atoms with Gasteiger partial charge < -0.3 is 4.90 Å². The van der Waals surface area contributed by atoms with Crippen LogP contribution in [0.1, 0.15) is 32.8 Å². The molecule has 0 N–H and O–H groups in total. The molecule has 104 valence electrons. The van der Waals surface area contributed by atoms with Crippen LogP contribution < -0.4 is 0 Å². The minimum absolute atomic E-state index is 0.240. The smallest absolute Gasteiger partial charge is 0.233 e. The second-order valence-corrected chi connectivity index (χ2v) is 6.17. The van der Waals surface area contributed by atoms with E-state index in [0.717, 1.165) is 18.5 Å². The molecule has 0 aromatic heterocycles. The number of likely N-dealkylation sites (tertiary alicyclic amines) is 1. The van der Waals surface area contributed by atoms with Crippen LogP contribution in [-0.2, 0) is 10.2 Å². The highest BCUT2D eigenvalue weighted by Crippen LogP contribution is 2.42. The molecule has 3 heteroatoms. The average molecular weight is 280 g/mol. The van der Waals surface area contributed by atoms with Crippen LogP contribution in [0.15, 0.2) is 30.3 Å². The lowest BCUT2D eigenvalue weighted by Gasteiger charge is -2.29. The summed E-state index contributed by atoms with van der Waals surface area (Å²) >= 11 is 5.94. The largest absolute Gasteiger partial charge is 0.339 e. The number of hydrogen-bond donors (Lipinski definition) is 0. The molecule has 1 heterocycles. The Hall–Kier alpha value is -1.02. The summed E-state index contributed by atoms with van der Waals surface area (Å²) < 4.78 is 0. The number of carbonyl (C=O) groups excluding carboxylic acids is 1. The van der Waals surface area contributed by atoms with E-state index in [1.165, 1.54) is 0 Å². The van der Waals surface area contributed by atoms with Gasteiger partial charge in [0, 0.05) is 18.5 Å². The van der Waals surface area contributed by atoms with E-state index in [-0.39, 0.29) is 11.9 Å². The Balaban J connectivity index is 2.42. The Morgan fingerprint density at radius 1 is 1.37 bits per heavy atom. The van der Waals surface area contributed by atoms with Gasteiger partial charge in [0.25, 0.3) is 0 Å². The molecule has 0 bridgehead atoms. The average Bonchev–Trinajstić information content (AvgIpc) is 2.66. The van der Waals surface area contributed by atoms with Gasteiger partial charge >= 0.3 is 0 Å². The Morgan fingerprint density at radius 2 is 2.00 bits per heavy atom. The molecule has 2 rings (SSSR count). The van der Waals surface area contributed by atoms with E-state index in [2.05, 4.69) is 32.9 Å². The van der Waals surface area contributed by atoms with E-state index in [9.17, 15) is 4.79 Å². The summed E-state index contributed by atoms with van der Waals surface area (Å²) in [5.41, 5.74) is 0.679. The number of carbonyl (C=O) groups is 1. The summed E-state index contributed by atoms with van der Waals surface area (Å²) in [6.45, 7) is 7.04. The first-order chi connectivity index (χ1) is 9.01. The molecule has 0 unspecified atom stereocenters. The zero-order valence-electron chi connectivity index (χ0n) is 11.9. The zero-order valence-corrected chi connectivity index (χ0v) is 12.7. The topological polar surface area (TPSA) is 20.3 Å². The van der Waals surface area contributed by atoms with Crippen molar-refractivity contribution < 1.29 is 4.79 Å². The van der Waals surface area contributed by atoms with Crippen molar-refractivity contribution in [2.75, 3.05) is 12.4 Å². The van der Waals surface area contributed by atoms with E-state index >= 15 is 0 Å². The number of nitrogens with zero attached hydrogens (tertiary/aromatic N) is 1. The Bertz CT molecular complexity index is 445. The summed E-state index contributed by atoms with van der Waals surface area (Å²) in [4.78, 5) is 14.8. The minimum Gasteiger partial charge on any atom is -0.339 e. The molecule has 1 saturated heterocycles. The van der Waals surface area contributed by atoms with Crippen LogP contribution >= 0.6 is 11.6 Å². The van der Waals surface area contributed by atoms with E-state index in [0.29, 0.717) is 11.8 Å². The predicted octanol–water partition coefficient (Wildman–Crippen LogP) is 3.44. The number of alkyl halides is 1. The highest BCUT2D eigenvalue weighted by atomic mass is 35.5. The van der Waals surface area contributed by atoms with E-state index in [4.69, 9.17) is 11.6 Å². The quantitative estimate of drug-likeness (QED) is 0.773. The lowest BCUT2D eigenvalue weighted by Crippen LogP contribution is -2.40. The molecular weight excluding hydrogens is 258 g/mol. The van der Waals surface area contributed by atoms with E-state index < -0.39 is 5.41 Å². The zero-order chi connectivity index (χ0) is 14.0. The van der Waals surface area contributed by atoms with Crippen molar-refractivity contribution in [2.24, 2.45) is 5.92 Å². The number of benzene rings is 1. The minimum atomic E-state index is -0.430. The van der Waals surface area contributed by atoms with Crippen LogP contribution in [0.4, 0.5) is 0 Å². The van der Waals surface area contributed by atoms with Gasteiger partial charge in [-0.25, -0.2) is 0 Å². The number of amides is 1. The SMILES string of the molecule is CC(C)N1C[C@@H](CCCl)[C@@](C)(c2ccccc2)C1=O. The first kappa shape index (κ1) is 14.4. The predicted molar refractivity (Wildman–Crippen MR) is 79.5 cm³/mol. The Morgan fingerprint density at radius 3 is 2.53 bits per heavy atom. The van der Waals surface area contributed by atoms with Gasteiger partial charge in [-0.3, -0.25) is 4.79 Å². The molecule has 19 heavy (non-hydrogen) atoms. The highest BCUT2D eigenvalue weighted by Gasteiger charge is 2.51. The van der Waals surface area contributed by atoms with Crippen LogP contribution in [0.25, 0.3) is 0 Å². The molecular formula is C16H22ClNO. The third-order valence-corrected chi connectivity index (χ3v) is 4.61. The lowest BCUT2D eigenvalue weighted by atomic mass is 9.72. The maximum absolute atomic E-state index is 12.8. The van der Waals surface area contributed by atoms with Crippen molar-refractivity contribution in [2.45, 2.75) is 38.6 Å². The van der Waals surface area contributed by atoms with Gasteiger partial charge in [-0.15, -0.1) is 11.6 Å². The molecule has 1 amide bonds. The fourth-order valence-electron chi connectivity index (χ4n) is 3.08. The van der Waals surface area contributed by atoms with Crippen molar-refractivity contribution in [3.8, 4) is 0 Å². The van der Waals surface area contributed by atoms with Crippen LogP contribution in [-0.4, -0.2) is 29.3 Å².